The number of amides is 2. The van der Waals surface area contributed by atoms with Crippen LogP contribution in [0.25, 0.3) is 0 Å². The molecular formula is C9H14N2O3S. The molecule has 1 heterocycles. The third-order valence-corrected chi connectivity index (χ3v) is 2.31. The molecule has 0 bridgehead atoms. The number of carbonyl (C=O) groups excluding carboxylic acids is 2. The quantitative estimate of drug-likeness (QED) is 0.403. The molecule has 0 saturated carbocycles. The molecule has 6 heteroatoms. The van der Waals surface area contributed by atoms with E-state index < -0.39 is 0 Å². The highest BCUT2D eigenvalue weighted by Gasteiger charge is 2.25. The third-order valence-electron chi connectivity index (χ3n) is 2.11. The second-order valence-electron chi connectivity index (χ2n) is 3.36. The van der Waals surface area contributed by atoms with E-state index in [2.05, 4.69) is 0 Å². The monoisotopic (exact) mass is 230 g/mol. The summed E-state index contributed by atoms with van der Waals surface area (Å²) in [6.07, 6.45) is 2.18. The van der Waals surface area contributed by atoms with E-state index in [9.17, 15) is 9.59 Å². The summed E-state index contributed by atoms with van der Waals surface area (Å²) < 4.78 is 4.79. The van der Waals surface area contributed by atoms with Crippen molar-refractivity contribution in [1.82, 2.24) is 4.90 Å². The molecule has 1 aliphatic rings. The zero-order chi connectivity index (χ0) is 11.3. The predicted molar refractivity (Wildman–Crippen MR) is 58.2 cm³/mol. The fourth-order valence-electron chi connectivity index (χ4n) is 1.34. The number of thiocarbonyl (C=S) groups is 1. The van der Waals surface area contributed by atoms with Gasteiger partial charge in [0.2, 0.25) is 0 Å². The Morgan fingerprint density at radius 3 is 2.47 bits per heavy atom. The average Bonchev–Trinajstić information content (AvgIpc) is 2.15. The maximum atomic E-state index is 11.3. The largest absolute Gasteiger partial charge is 0.393 e. The number of hydrogen-bond acceptors (Lipinski definition) is 4. The van der Waals surface area contributed by atoms with Gasteiger partial charge in [0.05, 0.1) is 4.99 Å². The van der Waals surface area contributed by atoms with E-state index in [-0.39, 0.29) is 25.0 Å². The molecule has 1 aliphatic heterocycles. The van der Waals surface area contributed by atoms with Crippen LogP contribution in [0.15, 0.2) is 0 Å². The zero-order valence-corrected chi connectivity index (χ0v) is 9.22. The summed E-state index contributed by atoms with van der Waals surface area (Å²) in [5, 5.41) is 0. The van der Waals surface area contributed by atoms with Gasteiger partial charge in [-0.25, -0.2) is 0 Å². The molecule has 0 unspecified atom stereocenters. The van der Waals surface area contributed by atoms with E-state index in [1.807, 2.05) is 0 Å². The Labute approximate surface area is 93.5 Å². The smallest absolute Gasteiger partial charge is 0.255 e. The lowest BCUT2D eigenvalue weighted by atomic mass is 10.2. The highest BCUT2D eigenvalue weighted by Crippen LogP contribution is 2.04. The van der Waals surface area contributed by atoms with Crippen LogP contribution in [0.3, 0.4) is 0 Å². The number of morpholine rings is 1. The van der Waals surface area contributed by atoms with Gasteiger partial charge < -0.3 is 10.5 Å². The van der Waals surface area contributed by atoms with Crippen LogP contribution in [0.4, 0.5) is 0 Å². The molecule has 0 spiro atoms. The molecule has 0 radical (unpaired) electrons. The van der Waals surface area contributed by atoms with Crippen LogP contribution < -0.4 is 5.73 Å². The molecule has 0 aromatic carbocycles. The minimum absolute atomic E-state index is 0.00103. The van der Waals surface area contributed by atoms with Crippen LogP contribution >= 0.6 is 12.2 Å². The van der Waals surface area contributed by atoms with Gasteiger partial charge in [-0.15, -0.1) is 0 Å². The fourth-order valence-corrected chi connectivity index (χ4v) is 1.48. The van der Waals surface area contributed by atoms with Gasteiger partial charge in [-0.1, -0.05) is 12.2 Å². The molecular weight excluding hydrogens is 216 g/mol. The lowest BCUT2D eigenvalue weighted by Gasteiger charge is -2.24. The summed E-state index contributed by atoms with van der Waals surface area (Å²) in [7, 11) is 0. The Bertz CT molecular complexity index is 265. The Hall–Kier alpha value is -1.01. The van der Waals surface area contributed by atoms with Crippen molar-refractivity contribution in [3.05, 3.63) is 0 Å². The lowest BCUT2D eigenvalue weighted by molar-refractivity contribution is -0.158. The Morgan fingerprint density at radius 1 is 1.33 bits per heavy atom. The van der Waals surface area contributed by atoms with E-state index in [1.54, 1.807) is 0 Å². The molecule has 2 amide bonds. The standard InChI is InChI=1S/C9H14N2O3S/c10-7(15)3-1-2-4-11-8(12)5-14-6-9(11)13/h1-6H2,(H2,10,15). The number of unbranched alkanes of at least 4 members (excludes halogenated alkanes) is 1. The molecule has 5 nitrogen and oxygen atoms in total. The first-order valence-corrected chi connectivity index (χ1v) is 5.21. The number of rotatable bonds is 5. The van der Waals surface area contributed by atoms with Gasteiger partial charge >= 0.3 is 0 Å². The van der Waals surface area contributed by atoms with Gasteiger partial charge in [0.25, 0.3) is 11.8 Å². The van der Waals surface area contributed by atoms with Crippen molar-refractivity contribution in [2.24, 2.45) is 5.73 Å². The van der Waals surface area contributed by atoms with E-state index in [4.69, 9.17) is 22.7 Å². The normalized spacial score (nSPS) is 16.9. The Balaban J connectivity index is 2.26. The summed E-state index contributed by atoms with van der Waals surface area (Å²) >= 11 is 4.72. The van der Waals surface area contributed by atoms with Crippen LogP contribution in [-0.2, 0) is 14.3 Å². The third kappa shape index (κ3) is 3.93. The summed E-state index contributed by atoms with van der Waals surface area (Å²) in [4.78, 5) is 24.2. The van der Waals surface area contributed by atoms with E-state index in [1.165, 1.54) is 4.90 Å². The van der Waals surface area contributed by atoms with Crippen LogP contribution in [0.2, 0.25) is 0 Å². The molecule has 0 atom stereocenters. The SMILES string of the molecule is NC(=S)CCCCN1C(=O)COCC1=O. The minimum atomic E-state index is -0.262. The number of nitrogens with zero attached hydrogens (tertiary/aromatic N) is 1. The van der Waals surface area contributed by atoms with Gasteiger partial charge in [0.1, 0.15) is 13.2 Å². The summed E-state index contributed by atoms with van der Waals surface area (Å²) in [5.74, 6) is -0.525. The summed E-state index contributed by atoms with van der Waals surface area (Å²) in [5.41, 5.74) is 5.33. The summed E-state index contributed by atoms with van der Waals surface area (Å²) in [6, 6.07) is 0. The van der Waals surface area contributed by atoms with Crippen LogP contribution in [0.5, 0.6) is 0 Å². The van der Waals surface area contributed by atoms with E-state index >= 15 is 0 Å². The van der Waals surface area contributed by atoms with Crippen molar-refractivity contribution < 1.29 is 14.3 Å². The maximum absolute atomic E-state index is 11.3. The fraction of sp³-hybridized carbons (Fsp3) is 0.667. The van der Waals surface area contributed by atoms with Crippen LogP contribution in [-0.4, -0.2) is 41.5 Å². The van der Waals surface area contributed by atoms with Gasteiger partial charge in [0, 0.05) is 6.54 Å². The summed E-state index contributed by atoms with van der Waals surface area (Å²) in [6.45, 7) is 0.436. The molecule has 15 heavy (non-hydrogen) atoms. The molecule has 1 saturated heterocycles. The Morgan fingerprint density at radius 2 is 1.93 bits per heavy atom. The van der Waals surface area contributed by atoms with Crippen molar-refractivity contribution in [2.75, 3.05) is 19.8 Å². The topological polar surface area (TPSA) is 72.6 Å². The number of imide groups is 1. The second kappa shape index (κ2) is 5.77. The van der Waals surface area contributed by atoms with Crippen LogP contribution in [0.1, 0.15) is 19.3 Å². The number of carbonyl (C=O) groups is 2. The van der Waals surface area contributed by atoms with Crippen molar-refractivity contribution >= 4 is 29.0 Å². The van der Waals surface area contributed by atoms with Crippen molar-refractivity contribution in [3.8, 4) is 0 Å². The second-order valence-corrected chi connectivity index (χ2v) is 3.88. The zero-order valence-electron chi connectivity index (χ0n) is 8.40. The number of nitrogens with two attached hydrogens (primary N) is 1. The molecule has 0 aromatic heterocycles. The van der Waals surface area contributed by atoms with Gasteiger partial charge in [-0.2, -0.15) is 0 Å². The van der Waals surface area contributed by atoms with Gasteiger partial charge in [-0.3, -0.25) is 14.5 Å². The van der Waals surface area contributed by atoms with Crippen molar-refractivity contribution in [1.29, 1.82) is 0 Å². The first kappa shape index (κ1) is 12.1. The molecule has 84 valence electrons. The van der Waals surface area contributed by atoms with Crippen molar-refractivity contribution in [3.63, 3.8) is 0 Å². The molecule has 1 rings (SSSR count). The Kier molecular flexibility index (Phi) is 4.64. The first-order valence-electron chi connectivity index (χ1n) is 4.80. The van der Waals surface area contributed by atoms with Gasteiger partial charge in [0.15, 0.2) is 0 Å². The maximum Gasteiger partial charge on any atom is 0.255 e. The molecule has 2 N–H and O–H groups in total. The highest BCUT2D eigenvalue weighted by atomic mass is 32.1. The molecule has 0 aromatic rings. The van der Waals surface area contributed by atoms with Crippen molar-refractivity contribution in [2.45, 2.75) is 19.3 Å². The number of ether oxygens (including phenoxy) is 1. The molecule has 1 fully saturated rings. The lowest BCUT2D eigenvalue weighted by Crippen LogP contribution is -2.46. The van der Waals surface area contributed by atoms with Crippen LogP contribution in [0, 0.1) is 0 Å². The first-order chi connectivity index (χ1) is 7.11. The minimum Gasteiger partial charge on any atom is -0.393 e. The van der Waals surface area contributed by atoms with E-state index in [0.717, 1.165) is 12.8 Å². The molecule has 0 aliphatic carbocycles. The highest BCUT2D eigenvalue weighted by molar-refractivity contribution is 7.80. The predicted octanol–water partition coefficient (Wildman–Crippen LogP) is -0.172. The number of hydrogen-bond donors (Lipinski definition) is 1. The average molecular weight is 230 g/mol. The van der Waals surface area contributed by atoms with Gasteiger partial charge in [-0.05, 0) is 19.3 Å². The van der Waals surface area contributed by atoms with E-state index in [0.29, 0.717) is 18.0 Å².